The van der Waals surface area contributed by atoms with Crippen LogP contribution in [0.5, 0.6) is 0 Å². The molecule has 0 amide bonds. The molecule has 0 aliphatic carbocycles. The molecule has 4 heteroatoms. The largest absolute Gasteiger partial charge is 0.395 e. The molecule has 0 saturated carbocycles. The molecule has 0 heterocycles. The maximum atomic E-state index is 9.02. The van der Waals surface area contributed by atoms with E-state index in [9.17, 15) is 0 Å². The Morgan fingerprint density at radius 1 is 0.667 bits per heavy atom. The number of hydrogen-bond donors (Lipinski definition) is 3. The van der Waals surface area contributed by atoms with Crippen molar-refractivity contribution >= 4 is 0 Å². The van der Waals surface area contributed by atoms with Crippen LogP contribution in [-0.4, -0.2) is 47.6 Å². The normalized spacial score (nSPS) is 12.9. The van der Waals surface area contributed by atoms with Gasteiger partial charge in [0.2, 0.25) is 0 Å². The van der Waals surface area contributed by atoms with Crippen LogP contribution < -0.4 is 5.73 Å². The molecule has 4 nitrogen and oxygen atoms in total. The molecular weight excluding hydrogens is 300 g/mol. The minimum absolute atomic E-state index is 0.0305. The summed E-state index contributed by atoms with van der Waals surface area (Å²) in [6.45, 7) is 3.59. The Morgan fingerprint density at radius 3 is 1.42 bits per heavy atom. The molecule has 0 aliphatic heterocycles. The quantitative estimate of drug-likeness (QED) is 0.244. The van der Waals surface area contributed by atoms with Crippen molar-refractivity contribution in [3.05, 3.63) is 0 Å². The van der Waals surface area contributed by atoms with Gasteiger partial charge in [0, 0.05) is 13.1 Å². The molecule has 4 N–H and O–H groups in total. The van der Waals surface area contributed by atoms with E-state index in [0.29, 0.717) is 13.1 Å². The van der Waals surface area contributed by atoms with Crippen molar-refractivity contribution in [2.45, 2.75) is 103 Å². The SMILES string of the molecule is CCCCCCCCCCCCCCCC(N)N(CCO)CCO. The minimum Gasteiger partial charge on any atom is -0.395 e. The Balaban J connectivity index is 3.32. The van der Waals surface area contributed by atoms with Crippen LogP contribution in [0.4, 0.5) is 0 Å². The number of aliphatic hydroxyl groups is 2. The van der Waals surface area contributed by atoms with Crippen LogP contribution >= 0.6 is 0 Å². The summed E-state index contributed by atoms with van der Waals surface area (Å²) in [6.07, 6.45) is 18.6. The lowest BCUT2D eigenvalue weighted by atomic mass is 10.0. The van der Waals surface area contributed by atoms with E-state index >= 15 is 0 Å². The molecule has 0 aliphatic rings. The smallest absolute Gasteiger partial charge is 0.0573 e. The second-order valence-corrected chi connectivity index (χ2v) is 7.08. The van der Waals surface area contributed by atoms with Gasteiger partial charge in [-0.2, -0.15) is 0 Å². The van der Waals surface area contributed by atoms with Gasteiger partial charge in [-0.15, -0.1) is 0 Å². The number of nitrogens with two attached hydrogens (primary N) is 1. The van der Waals surface area contributed by atoms with Gasteiger partial charge in [-0.3, -0.25) is 4.90 Å². The van der Waals surface area contributed by atoms with E-state index in [2.05, 4.69) is 6.92 Å². The second-order valence-electron chi connectivity index (χ2n) is 7.08. The van der Waals surface area contributed by atoms with Gasteiger partial charge >= 0.3 is 0 Å². The Kier molecular flexibility index (Phi) is 19.0. The van der Waals surface area contributed by atoms with Gasteiger partial charge in [0.1, 0.15) is 0 Å². The number of aliphatic hydroxyl groups excluding tert-OH is 2. The van der Waals surface area contributed by atoms with Crippen molar-refractivity contribution in [3.63, 3.8) is 0 Å². The van der Waals surface area contributed by atoms with Gasteiger partial charge in [0.15, 0.2) is 0 Å². The molecule has 146 valence electrons. The predicted molar refractivity (Wildman–Crippen MR) is 104 cm³/mol. The summed E-state index contributed by atoms with van der Waals surface area (Å²) in [5, 5.41) is 18.0. The summed E-state index contributed by atoms with van der Waals surface area (Å²) >= 11 is 0. The van der Waals surface area contributed by atoms with Gasteiger partial charge in [0.05, 0.1) is 19.4 Å². The van der Waals surface area contributed by atoms with Gasteiger partial charge in [-0.05, 0) is 6.42 Å². The van der Waals surface area contributed by atoms with Crippen LogP contribution in [-0.2, 0) is 0 Å². The van der Waals surface area contributed by atoms with Crippen molar-refractivity contribution in [1.29, 1.82) is 0 Å². The molecule has 1 unspecified atom stereocenters. The third kappa shape index (κ3) is 15.4. The number of unbranched alkanes of at least 4 members (excludes halogenated alkanes) is 12. The van der Waals surface area contributed by atoms with Crippen molar-refractivity contribution in [3.8, 4) is 0 Å². The summed E-state index contributed by atoms with van der Waals surface area (Å²) in [5.41, 5.74) is 6.13. The molecule has 0 spiro atoms. The molecular formula is C20H44N2O2. The average molecular weight is 345 g/mol. The van der Waals surface area contributed by atoms with Crippen molar-refractivity contribution in [1.82, 2.24) is 4.90 Å². The maximum absolute atomic E-state index is 9.02. The van der Waals surface area contributed by atoms with E-state index in [0.717, 1.165) is 12.8 Å². The molecule has 0 bridgehead atoms. The molecule has 0 fully saturated rings. The summed E-state index contributed by atoms with van der Waals surface area (Å²) in [5.74, 6) is 0. The lowest BCUT2D eigenvalue weighted by Gasteiger charge is -2.27. The first-order valence-corrected chi connectivity index (χ1v) is 10.5. The fraction of sp³-hybridized carbons (Fsp3) is 1.00. The van der Waals surface area contributed by atoms with Crippen molar-refractivity contribution < 1.29 is 10.2 Å². The molecule has 24 heavy (non-hydrogen) atoms. The van der Waals surface area contributed by atoms with Gasteiger partial charge in [-0.25, -0.2) is 0 Å². The standard InChI is InChI=1S/C20H44N2O2/c1-2-3-4-5-6-7-8-9-10-11-12-13-14-15-20(21)22(16-18-23)17-19-24/h20,23-24H,2-19,21H2,1H3. The topological polar surface area (TPSA) is 69.7 Å². The summed E-state index contributed by atoms with van der Waals surface area (Å²) in [4.78, 5) is 1.97. The van der Waals surface area contributed by atoms with E-state index in [4.69, 9.17) is 15.9 Å². The number of rotatable bonds is 19. The first-order chi connectivity index (χ1) is 11.8. The van der Waals surface area contributed by atoms with Crippen molar-refractivity contribution in [2.75, 3.05) is 26.3 Å². The summed E-state index contributed by atoms with van der Waals surface area (Å²) in [7, 11) is 0. The lowest BCUT2D eigenvalue weighted by Crippen LogP contribution is -2.44. The Labute approximate surface area is 150 Å². The molecule has 0 aromatic rings. The summed E-state index contributed by atoms with van der Waals surface area (Å²) < 4.78 is 0. The van der Waals surface area contributed by atoms with Crippen molar-refractivity contribution in [2.24, 2.45) is 5.73 Å². The van der Waals surface area contributed by atoms with E-state index in [1.807, 2.05) is 4.90 Å². The van der Waals surface area contributed by atoms with Crippen LogP contribution in [0.3, 0.4) is 0 Å². The fourth-order valence-corrected chi connectivity index (χ4v) is 3.25. The highest BCUT2D eigenvalue weighted by molar-refractivity contribution is 4.65. The fourth-order valence-electron chi connectivity index (χ4n) is 3.25. The van der Waals surface area contributed by atoms with Crippen LogP contribution in [0.2, 0.25) is 0 Å². The van der Waals surface area contributed by atoms with Gasteiger partial charge in [-0.1, -0.05) is 90.4 Å². The Bertz CT molecular complexity index is 234. The first kappa shape index (κ1) is 23.8. The average Bonchev–Trinajstić information content (AvgIpc) is 2.58. The predicted octanol–water partition coefficient (Wildman–Crippen LogP) is 4.04. The molecule has 0 saturated heterocycles. The van der Waals surface area contributed by atoms with E-state index in [1.54, 1.807) is 0 Å². The Hall–Kier alpha value is -0.160. The zero-order valence-electron chi connectivity index (χ0n) is 16.2. The molecule has 0 radical (unpaired) electrons. The van der Waals surface area contributed by atoms with E-state index in [1.165, 1.54) is 77.0 Å². The van der Waals surface area contributed by atoms with E-state index < -0.39 is 0 Å². The van der Waals surface area contributed by atoms with Crippen LogP contribution in [0.25, 0.3) is 0 Å². The summed E-state index contributed by atoms with van der Waals surface area (Å²) in [6, 6.07) is 0. The zero-order valence-corrected chi connectivity index (χ0v) is 16.2. The lowest BCUT2D eigenvalue weighted by molar-refractivity contribution is 0.118. The molecule has 0 rings (SSSR count). The monoisotopic (exact) mass is 344 g/mol. The van der Waals surface area contributed by atoms with Crippen LogP contribution in [0.1, 0.15) is 96.8 Å². The van der Waals surface area contributed by atoms with Crippen LogP contribution in [0.15, 0.2) is 0 Å². The maximum Gasteiger partial charge on any atom is 0.0573 e. The van der Waals surface area contributed by atoms with Gasteiger partial charge in [0.25, 0.3) is 0 Å². The highest BCUT2D eigenvalue weighted by Gasteiger charge is 2.12. The number of nitrogens with zero attached hydrogens (tertiary/aromatic N) is 1. The second kappa shape index (κ2) is 19.2. The molecule has 0 aromatic heterocycles. The minimum atomic E-state index is -0.0305. The Morgan fingerprint density at radius 2 is 1.04 bits per heavy atom. The van der Waals surface area contributed by atoms with Gasteiger partial charge < -0.3 is 15.9 Å². The third-order valence-electron chi connectivity index (χ3n) is 4.85. The van der Waals surface area contributed by atoms with E-state index in [-0.39, 0.29) is 19.4 Å². The first-order valence-electron chi connectivity index (χ1n) is 10.5. The zero-order chi connectivity index (χ0) is 17.9. The molecule has 1 atom stereocenters. The molecule has 0 aromatic carbocycles. The highest BCUT2D eigenvalue weighted by atomic mass is 16.3. The van der Waals surface area contributed by atoms with Crippen LogP contribution in [0, 0.1) is 0 Å². The third-order valence-corrected chi connectivity index (χ3v) is 4.85. The highest BCUT2D eigenvalue weighted by Crippen LogP contribution is 2.13. The number of hydrogen-bond acceptors (Lipinski definition) is 4.